The highest BCUT2D eigenvalue weighted by atomic mass is 16.5. The highest BCUT2D eigenvalue weighted by molar-refractivity contribution is 5.83. The topological polar surface area (TPSA) is 104 Å². The number of aliphatic hydroxyl groups is 1. The lowest BCUT2D eigenvalue weighted by Gasteiger charge is -2.15. The third-order valence-corrected chi connectivity index (χ3v) is 2.58. The van der Waals surface area contributed by atoms with E-state index in [9.17, 15) is 14.7 Å². The fourth-order valence-corrected chi connectivity index (χ4v) is 1.41. The molecule has 0 aromatic rings. The predicted octanol–water partition coefficient (Wildman–Crippen LogP) is 1.59. The molecule has 3 N–H and O–H groups in total. The van der Waals surface area contributed by atoms with Crippen LogP contribution in [0.15, 0.2) is 23.3 Å². The van der Waals surface area contributed by atoms with Gasteiger partial charge in [-0.1, -0.05) is 23.3 Å². The Morgan fingerprint density at radius 2 is 1.70 bits per heavy atom. The van der Waals surface area contributed by atoms with Crippen LogP contribution in [0.5, 0.6) is 0 Å². The molecule has 0 spiro atoms. The number of aliphatic hydroxyl groups excluding tert-OH is 1. The molecule has 6 heteroatoms. The van der Waals surface area contributed by atoms with Gasteiger partial charge in [-0.2, -0.15) is 0 Å². The smallest absolute Gasteiger partial charge is 0.336 e. The van der Waals surface area contributed by atoms with E-state index in [1.54, 1.807) is 6.08 Å². The van der Waals surface area contributed by atoms with Gasteiger partial charge in [0, 0.05) is 0 Å². The van der Waals surface area contributed by atoms with Gasteiger partial charge in [-0.3, -0.25) is 0 Å². The first-order valence-corrected chi connectivity index (χ1v) is 6.30. The Bertz CT molecular complexity index is 392. The number of carbonyl (C=O) groups is 2. The molecule has 0 fully saturated rings. The third-order valence-electron chi connectivity index (χ3n) is 2.58. The van der Waals surface area contributed by atoms with Crippen LogP contribution >= 0.6 is 0 Å². The summed E-state index contributed by atoms with van der Waals surface area (Å²) in [6.45, 7) is 5.84. The lowest BCUT2D eigenvalue weighted by atomic mass is 10.1. The van der Waals surface area contributed by atoms with E-state index in [-0.39, 0.29) is 6.61 Å². The molecule has 6 nitrogen and oxygen atoms in total. The minimum absolute atomic E-state index is 0.0536. The van der Waals surface area contributed by atoms with Gasteiger partial charge in [0.05, 0.1) is 6.61 Å². The molecule has 2 atom stereocenters. The van der Waals surface area contributed by atoms with E-state index >= 15 is 0 Å². The molecule has 20 heavy (non-hydrogen) atoms. The quantitative estimate of drug-likeness (QED) is 0.556. The van der Waals surface area contributed by atoms with Crippen molar-refractivity contribution < 1.29 is 29.6 Å². The van der Waals surface area contributed by atoms with Crippen molar-refractivity contribution in [3.63, 3.8) is 0 Å². The van der Waals surface area contributed by atoms with Crippen LogP contribution < -0.4 is 0 Å². The van der Waals surface area contributed by atoms with E-state index in [0.717, 1.165) is 18.4 Å². The van der Waals surface area contributed by atoms with Gasteiger partial charge in [-0.15, -0.1) is 0 Å². The first kappa shape index (κ1) is 18.3. The number of allylic oxidation sites excluding steroid dienone is 3. The van der Waals surface area contributed by atoms with Gasteiger partial charge in [-0.25, -0.2) is 9.59 Å². The van der Waals surface area contributed by atoms with Crippen LogP contribution in [0, 0.1) is 0 Å². The molecule has 0 heterocycles. The zero-order chi connectivity index (χ0) is 15.7. The van der Waals surface area contributed by atoms with Crippen LogP contribution in [-0.2, 0) is 14.3 Å². The zero-order valence-electron chi connectivity index (χ0n) is 12.0. The van der Waals surface area contributed by atoms with E-state index in [0.29, 0.717) is 0 Å². The summed E-state index contributed by atoms with van der Waals surface area (Å²) in [4.78, 5) is 21.3. The minimum Gasteiger partial charge on any atom is -0.479 e. The lowest BCUT2D eigenvalue weighted by molar-refractivity contribution is -0.169. The molecule has 0 saturated carbocycles. The Morgan fingerprint density at radius 1 is 1.10 bits per heavy atom. The summed E-state index contributed by atoms with van der Waals surface area (Å²) in [7, 11) is 0. The fourth-order valence-electron chi connectivity index (χ4n) is 1.41. The Hall–Kier alpha value is -1.66. The van der Waals surface area contributed by atoms with Crippen molar-refractivity contribution in [2.75, 3.05) is 6.61 Å². The van der Waals surface area contributed by atoms with Crippen molar-refractivity contribution in [1.82, 2.24) is 0 Å². The van der Waals surface area contributed by atoms with Gasteiger partial charge in [0.25, 0.3) is 0 Å². The third kappa shape index (κ3) is 7.70. The summed E-state index contributed by atoms with van der Waals surface area (Å²) in [6.07, 6.45) is 1.62. The second-order valence-corrected chi connectivity index (χ2v) is 4.75. The molecule has 0 bridgehead atoms. The van der Waals surface area contributed by atoms with Gasteiger partial charge in [0.15, 0.2) is 12.2 Å². The number of hydrogen-bond acceptors (Lipinski definition) is 4. The highest BCUT2D eigenvalue weighted by Crippen LogP contribution is 2.08. The summed E-state index contributed by atoms with van der Waals surface area (Å²) in [5.41, 5.74) is 2.24. The second-order valence-electron chi connectivity index (χ2n) is 4.75. The summed E-state index contributed by atoms with van der Waals surface area (Å²) in [6, 6.07) is 0. The maximum absolute atomic E-state index is 10.8. The van der Waals surface area contributed by atoms with Crippen LogP contribution in [-0.4, -0.2) is 46.1 Å². The maximum atomic E-state index is 10.8. The van der Waals surface area contributed by atoms with Gasteiger partial charge in [-0.05, 0) is 33.6 Å². The van der Waals surface area contributed by atoms with E-state index in [4.69, 9.17) is 14.9 Å². The normalized spacial score (nSPS) is 14.5. The summed E-state index contributed by atoms with van der Waals surface area (Å²) in [5.74, 6) is -3.13. The van der Waals surface area contributed by atoms with E-state index in [1.165, 1.54) is 5.57 Å². The molecule has 0 aliphatic carbocycles. The van der Waals surface area contributed by atoms with Crippen molar-refractivity contribution in [2.24, 2.45) is 0 Å². The van der Waals surface area contributed by atoms with Crippen LogP contribution in [0.2, 0.25) is 0 Å². The van der Waals surface area contributed by atoms with E-state index < -0.39 is 24.1 Å². The summed E-state index contributed by atoms with van der Waals surface area (Å²) in [5, 5.41) is 26.5. The number of aliphatic carboxylic acids is 2. The highest BCUT2D eigenvalue weighted by Gasteiger charge is 2.32. The first-order valence-electron chi connectivity index (χ1n) is 6.30. The average molecular weight is 286 g/mol. The van der Waals surface area contributed by atoms with Crippen molar-refractivity contribution in [3.8, 4) is 0 Å². The SMILES string of the molecule is CC(C)=CCCC(C)=CCOC(C(=O)O)C(O)C(=O)O. The molecule has 0 aromatic carbocycles. The Balaban J connectivity index is 4.32. The Kier molecular flexibility index (Phi) is 8.51. The number of hydrogen-bond donors (Lipinski definition) is 3. The van der Waals surface area contributed by atoms with Gasteiger partial charge >= 0.3 is 11.9 Å². The Morgan fingerprint density at radius 3 is 2.15 bits per heavy atom. The molecule has 0 radical (unpaired) electrons. The van der Waals surface area contributed by atoms with Crippen molar-refractivity contribution >= 4 is 11.9 Å². The monoisotopic (exact) mass is 286 g/mol. The molecule has 2 unspecified atom stereocenters. The molecule has 114 valence electrons. The van der Waals surface area contributed by atoms with Crippen LogP contribution in [0.1, 0.15) is 33.6 Å². The van der Waals surface area contributed by atoms with Crippen LogP contribution in [0.4, 0.5) is 0 Å². The van der Waals surface area contributed by atoms with Gasteiger partial charge in [0.1, 0.15) is 0 Å². The standard InChI is InChI=1S/C14H22O6/c1-9(2)5-4-6-10(3)7-8-20-12(14(18)19)11(15)13(16)17/h5,7,11-12,15H,4,6,8H2,1-3H3,(H,16,17)(H,18,19). The fraction of sp³-hybridized carbons (Fsp3) is 0.571. The Labute approximate surface area is 118 Å². The molecular weight excluding hydrogens is 264 g/mol. The van der Waals surface area contributed by atoms with Crippen molar-refractivity contribution in [1.29, 1.82) is 0 Å². The van der Waals surface area contributed by atoms with E-state index in [2.05, 4.69) is 6.08 Å². The number of ether oxygens (including phenoxy) is 1. The molecule has 0 saturated heterocycles. The molecule has 0 aliphatic heterocycles. The summed E-state index contributed by atoms with van der Waals surface area (Å²) >= 11 is 0. The van der Waals surface area contributed by atoms with Crippen LogP contribution in [0.25, 0.3) is 0 Å². The largest absolute Gasteiger partial charge is 0.479 e. The van der Waals surface area contributed by atoms with Gasteiger partial charge in [0.2, 0.25) is 0 Å². The average Bonchev–Trinajstić information content (AvgIpc) is 2.32. The molecular formula is C14H22O6. The van der Waals surface area contributed by atoms with Crippen molar-refractivity contribution in [3.05, 3.63) is 23.3 Å². The van der Waals surface area contributed by atoms with Crippen LogP contribution in [0.3, 0.4) is 0 Å². The first-order chi connectivity index (χ1) is 9.25. The molecule has 0 aromatic heterocycles. The maximum Gasteiger partial charge on any atom is 0.336 e. The van der Waals surface area contributed by atoms with Crippen molar-refractivity contribution in [2.45, 2.75) is 45.8 Å². The molecule has 0 amide bonds. The zero-order valence-corrected chi connectivity index (χ0v) is 12.0. The second kappa shape index (κ2) is 9.28. The number of rotatable bonds is 9. The molecule has 0 aliphatic rings. The molecule has 0 rings (SSSR count). The lowest BCUT2D eigenvalue weighted by Crippen LogP contribution is -2.41. The number of carboxylic acid groups (broad SMARTS) is 2. The van der Waals surface area contributed by atoms with E-state index in [1.807, 2.05) is 20.8 Å². The summed E-state index contributed by atoms with van der Waals surface area (Å²) < 4.78 is 4.90. The predicted molar refractivity (Wildman–Crippen MR) is 73.4 cm³/mol. The van der Waals surface area contributed by atoms with Gasteiger partial charge < -0.3 is 20.1 Å². The number of carboxylic acids is 2. The minimum atomic E-state index is -2.08.